The monoisotopic (exact) mass is 401 g/mol. The Kier molecular flexibility index (Phi) is 5.83. The predicted octanol–water partition coefficient (Wildman–Crippen LogP) is 2.77. The van der Waals surface area contributed by atoms with Gasteiger partial charge in [-0.25, -0.2) is 9.97 Å². The van der Waals surface area contributed by atoms with Crippen LogP contribution < -0.4 is 10.2 Å². The minimum Gasteiger partial charge on any atom is -0.355 e. The van der Waals surface area contributed by atoms with Crippen molar-refractivity contribution in [3.05, 3.63) is 16.3 Å². The zero-order valence-corrected chi connectivity index (χ0v) is 18.1. The molecule has 1 atom stereocenters. The molecule has 1 aliphatic carbocycles. The molecule has 28 heavy (non-hydrogen) atoms. The van der Waals surface area contributed by atoms with E-state index in [0.29, 0.717) is 6.54 Å². The maximum absolute atomic E-state index is 12.0. The summed E-state index contributed by atoms with van der Waals surface area (Å²) in [6.45, 7) is 11.3. The lowest BCUT2D eigenvalue weighted by molar-refractivity contribution is -0.122. The Morgan fingerprint density at radius 1 is 1.25 bits per heavy atom. The van der Waals surface area contributed by atoms with Crippen LogP contribution in [0.15, 0.2) is 0 Å². The summed E-state index contributed by atoms with van der Waals surface area (Å²) in [4.78, 5) is 29.0. The van der Waals surface area contributed by atoms with E-state index < -0.39 is 0 Å². The van der Waals surface area contributed by atoms with Gasteiger partial charge in [-0.15, -0.1) is 11.3 Å². The molecule has 152 valence electrons. The SMILES string of the molecule is CCCNC(=O)CN1CCN(c2nc(C)nc3sc4c(c23)CC[C@H](C)C4)CC1. The van der Waals surface area contributed by atoms with Crippen molar-refractivity contribution in [2.45, 2.75) is 46.5 Å². The van der Waals surface area contributed by atoms with E-state index in [4.69, 9.17) is 9.97 Å². The number of hydrogen-bond acceptors (Lipinski definition) is 6. The molecule has 0 saturated carbocycles. The smallest absolute Gasteiger partial charge is 0.234 e. The van der Waals surface area contributed by atoms with Crippen molar-refractivity contribution >= 4 is 33.3 Å². The van der Waals surface area contributed by atoms with E-state index in [2.05, 4.69) is 29.0 Å². The average molecular weight is 402 g/mol. The molecule has 2 aromatic rings. The Morgan fingerprint density at radius 3 is 2.79 bits per heavy atom. The third-order valence-corrected chi connectivity index (χ3v) is 7.01. The number of fused-ring (bicyclic) bond motifs is 3. The number of piperazine rings is 1. The van der Waals surface area contributed by atoms with Crippen LogP contribution in [0.3, 0.4) is 0 Å². The van der Waals surface area contributed by atoms with Crippen molar-refractivity contribution in [2.24, 2.45) is 5.92 Å². The fourth-order valence-electron chi connectivity index (χ4n) is 4.30. The van der Waals surface area contributed by atoms with Gasteiger partial charge in [-0.05, 0) is 44.1 Å². The van der Waals surface area contributed by atoms with Gasteiger partial charge in [0.2, 0.25) is 5.91 Å². The highest BCUT2D eigenvalue weighted by Crippen LogP contribution is 2.41. The lowest BCUT2D eigenvalue weighted by Gasteiger charge is -2.35. The van der Waals surface area contributed by atoms with Gasteiger partial charge in [0.15, 0.2) is 0 Å². The predicted molar refractivity (Wildman–Crippen MR) is 115 cm³/mol. The van der Waals surface area contributed by atoms with Crippen molar-refractivity contribution in [1.29, 1.82) is 0 Å². The standard InChI is InChI=1S/C21H31N5OS/c1-4-7-22-18(27)13-25-8-10-26(11-9-25)20-19-16-6-5-14(2)12-17(16)28-21(19)24-15(3)23-20/h14H,4-13H2,1-3H3,(H,22,27)/t14-/m0/s1. The summed E-state index contributed by atoms with van der Waals surface area (Å²) in [5.74, 6) is 2.87. The molecule has 1 N–H and O–H groups in total. The van der Waals surface area contributed by atoms with E-state index in [1.807, 2.05) is 18.3 Å². The number of amides is 1. The number of carbonyl (C=O) groups excluding carboxylic acids is 1. The highest BCUT2D eigenvalue weighted by Gasteiger charge is 2.27. The van der Waals surface area contributed by atoms with Crippen LogP contribution in [0, 0.1) is 12.8 Å². The highest BCUT2D eigenvalue weighted by molar-refractivity contribution is 7.19. The molecule has 0 spiro atoms. The van der Waals surface area contributed by atoms with Gasteiger partial charge in [-0.1, -0.05) is 13.8 Å². The molecule has 7 heteroatoms. The lowest BCUT2D eigenvalue weighted by Crippen LogP contribution is -2.49. The Hall–Kier alpha value is -1.73. The largest absolute Gasteiger partial charge is 0.355 e. The highest BCUT2D eigenvalue weighted by atomic mass is 32.1. The molecule has 0 radical (unpaired) electrons. The molecular weight excluding hydrogens is 370 g/mol. The number of rotatable bonds is 5. The molecule has 0 aromatic carbocycles. The second-order valence-electron chi connectivity index (χ2n) is 8.24. The van der Waals surface area contributed by atoms with E-state index in [0.717, 1.165) is 68.0 Å². The molecule has 3 heterocycles. The summed E-state index contributed by atoms with van der Waals surface area (Å²) in [5, 5.41) is 4.27. The van der Waals surface area contributed by atoms with Crippen molar-refractivity contribution in [3.8, 4) is 0 Å². The number of hydrogen-bond donors (Lipinski definition) is 1. The van der Waals surface area contributed by atoms with Gasteiger partial charge in [0.25, 0.3) is 0 Å². The van der Waals surface area contributed by atoms with Crippen LogP contribution in [0.1, 0.15) is 43.0 Å². The molecule has 6 nitrogen and oxygen atoms in total. The second kappa shape index (κ2) is 8.33. The van der Waals surface area contributed by atoms with Crippen molar-refractivity contribution in [1.82, 2.24) is 20.2 Å². The zero-order valence-electron chi connectivity index (χ0n) is 17.3. The molecule has 1 aliphatic heterocycles. The molecule has 1 fully saturated rings. The summed E-state index contributed by atoms with van der Waals surface area (Å²) < 4.78 is 0. The quantitative estimate of drug-likeness (QED) is 0.835. The lowest BCUT2D eigenvalue weighted by atomic mass is 9.89. The Balaban J connectivity index is 1.51. The first-order valence-electron chi connectivity index (χ1n) is 10.6. The van der Waals surface area contributed by atoms with Crippen molar-refractivity contribution in [2.75, 3.05) is 44.2 Å². The molecule has 0 bridgehead atoms. The number of carbonyl (C=O) groups is 1. The van der Waals surface area contributed by atoms with Crippen LogP contribution in [0.5, 0.6) is 0 Å². The third kappa shape index (κ3) is 4.01. The molecule has 1 amide bonds. The van der Waals surface area contributed by atoms with Gasteiger partial charge in [-0.3, -0.25) is 9.69 Å². The molecule has 1 saturated heterocycles. The molecular formula is C21H31N5OS. The summed E-state index contributed by atoms with van der Waals surface area (Å²) >= 11 is 1.87. The molecule has 0 unspecified atom stereocenters. The Morgan fingerprint density at radius 2 is 2.04 bits per heavy atom. The molecule has 2 aliphatic rings. The number of anilines is 1. The fourth-order valence-corrected chi connectivity index (χ4v) is 5.72. The van der Waals surface area contributed by atoms with Crippen LogP contribution in [-0.2, 0) is 17.6 Å². The van der Waals surface area contributed by atoms with Crippen molar-refractivity contribution in [3.63, 3.8) is 0 Å². The molecule has 2 aromatic heterocycles. The third-order valence-electron chi connectivity index (χ3n) is 5.86. The van der Waals surface area contributed by atoms with Crippen LogP contribution >= 0.6 is 11.3 Å². The van der Waals surface area contributed by atoms with Gasteiger partial charge in [-0.2, -0.15) is 0 Å². The van der Waals surface area contributed by atoms with Crippen LogP contribution in [0.4, 0.5) is 5.82 Å². The fraction of sp³-hybridized carbons (Fsp3) is 0.667. The summed E-state index contributed by atoms with van der Waals surface area (Å²) in [6.07, 6.45) is 4.56. The summed E-state index contributed by atoms with van der Waals surface area (Å²) in [6, 6.07) is 0. The molecule has 4 rings (SSSR count). The van der Waals surface area contributed by atoms with E-state index in [1.165, 1.54) is 28.7 Å². The van der Waals surface area contributed by atoms with Gasteiger partial charge in [0, 0.05) is 37.6 Å². The number of nitrogens with one attached hydrogen (secondary N) is 1. The van der Waals surface area contributed by atoms with E-state index in [9.17, 15) is 4.79 Å². The van der Waals surface area contributed by atoms with Crippen LogP contribution in [0.25, 0.3) is 10.2 Å². The summed E-state index contributed by atoms with van der Waals surface area (Å²) in [7, 11) is 0. The van der Waals surface area contributed by atoms with Gasteiger partial charge in [0.1, 0.15) is 16.5 Å². The summed E-state index contributed by atoms with van der Waals surface area (Å²) in [5.41, 5.74) is 1.49. The van der Waals surface area contributed by atoms with E-state index >= 15 is 0 Å². The first kappa shape index (κ1) is 19.6. The maximum atomic E-state index is 12.0. The number of thiophene rings is 1. The topological polar surface area (TPSA) is 61.4 Å². The Bertz CT molecular complexity index is 856. The van der Waals surface area contributed by atoms with Gasteiger partial charge < -0.3 is 10.2 Å². The zero-order chi connectivity index (χ0) is 19.7. The van der Waals surface area contributed by atoms with Gasteiger partial charge in [0.05, 0.1) is 11.9 Å². The number of aryl methyl sites for hydroxylation is 2. The normalized spacial score (nSPS) is 20.4. The van der Waals surface area contributed by atoms with E-state index in [-0.39, 0.29) is 5.91 Å². The van der Waals surface area contributed by atoms with E-state index in [1.54, 1.807) is 0 Å². The average Bonchev–Trinajstić information content (AvgIpc) is 3.03. The van der Waals surface area contributed by atoms with Crippen LogP contribution in [0.2, 0.25) is 0 Å². The minimum atomic E-state index is 0.136. The number of aromatic nitrogens is 2. The first-order chi connectivity index (χ1) is 13.5. The number of nitrogens with zero attached hydrogens (tertiary/aromatic N) is 4. The van der Waals surface area contributed by atoms with Gasteiger partial charge >= 0.3 is 0 Å². The van der Waals surface area contributed by atoms with Crippen LogP contribution in [-0.4, -0.2) is 60.0 Å². The minimum absolute atomic E-state index is 0.136. The van der Waals surface area contributed by atoms with Crippen molar-refractivity contribution < 1.29 is 4.79 Å². The maximum Gasteiger partial charge on any atom is 0.234 e. The Labute approximate surface area is 171 Å². The first-order valence-corrected chi connectivity index (χ1v) is 11.4. The second-order valence-corrected chi connectivity index (χ2v) is 9.32.